The first-order valence-corrected chi connectivity index (χ1v) is 12.1. The lowest BCUT2D eigenvalue weighted by molar-refractivity contribution is -0.129. The fraction of sp³-hybridized carbons (Fsp3) is 0.318. The molecule has 0 aliphatic carbocycles. The molecule has 0 fully saturated rings. The predicted octanol–water partition coefficient (Wildman–Crippen LogP) is 3.23. The highest BCUT2D eigenvalue weighted by atomic mass is 32.2. The Balaban J connectivity index is 2.05. The quantitative estimate of drug-likeness (QED) is 0.440. The Hall–Kier alpha value is -2.69. The molecule has 0 aliphatic rings. The highest BCUT2D eigenvalue weighted by molar-refractivity contribution is 8.00. The van der Waals surface area contributed by atoms with Crippen molar-refractivity contribution in [1.82, 2.24) is 0 Å². The summed E-state index contributed by atoms with van der Waals surface area (Å²) in [7, 11) is -3.82. The van der Waals surface area contributed by atoms with E-state index < -0.39 is 26.7 Å². The third-order valence-corrected chi connectivity index (χ3v) is 6.51. The molecule has 1 atom stereocenters. The van der Waals surface area contributed by atoms with Crippen molar-refractivity contribution in [3.05, 3.63) is 54.1 Å². The fourth-order valence-corrected chi connectivity index (χ4v) is 3.88. The van der Waals surface area contributed by atoms with Crippen molar-refractivity contribution in [1.29, 1.82) is 0 Å². The Morgan fingerprint density at radius 3 is 2.22 bits per heavy atom. The van der Waals surface area contributed by atoms with E-state index in [0.29, 0.717) is 10.6 Å². The number of nitrogens with two attached hydrogens (primary N) is 1. The Labute approximate surface area is 192 Å². The Bertz CT molecular complexity index is 1110. The largest absolute Gasteiger partial charge is 0.454 e. The maximum atomic E-state index is 12.6. The highest BCUT2D eigenvalue weighted by Crippen LogP contribution is 2.28. The molecule has 3 N–H and O–H groups in total. The number of anilines is 1. The van der Waals surface area contributed by atoms with Crippen molar-refractivity contribution in [2.24, 2.45) is 10.6 Å². The summed E-state index contributed by atoms with van der Waals surface area (Å²) in [4.78, 5) is 37.6. The average Bonchev–Trinajstić information content (AvgIpc) is 2.71. The molecule has 0 radical (unpaired) electrons. The minimum absolute atomic E-state index is 0.0599. The maximum absolute atomic E-state index is 12.6. The van der Waals surface area contributed by atoms with E-state index in [1.165, 1.54) is 24.3 Å². The van der Waals surface area contributed by atoms with Crippen LogP contribution in [0.15, 0.2) is 58.3 Å². The first kappa shape index (κ1) is 25.6. The van der Waals surface area contributed by atoms with Gasteiger partial charge in [0.2, 0.25) is 15.9 Å². The maximum Gasteiger partial charge on any atom is 0.339 e. The van der Waals surface area contributed by atoms with E-state index in [1.54, 1.807) is 52.0 Å². The lowest BCUT2D eigenvalue weighted by atomic mass is 9.91. The van der Waals surface area contributed by atoms with E-state index in [1.807, 2.05) is 0 Å². The number of hydrogen-bond donors (Lipinski definition) is 2. The first-order valence-electron chi connectivity index (χ1n) is 9.69. The number of carbonyl (C=O) groups is 3. The summed E-state index contributed by atoms with van der Waals surface area (Å²) in [5.41, 5.74) is 0.0489. The number of thioether (sulfide) groups is 1. The van der Waals surface area contributed by atoms with Gasteiger partial charge < -0.3 is 10.1 Å². The molecule has 0 heterocycles. The van der Waals surface area contributed by atoms with Crippen LogP contribution < -0.4 is 10.5 Å². The van der Waals surface area contributed by atoms with Crippen LogP contribution in [0.1, 0.15) is 38.1 Å². The number of primary sulfonamides is 1. The molecule has 32 heavy (non-hydrogen) atoms. The summed E-state index contributed by atoms with van der Waals surface area (Å²) in [6.07, 6.45) is 0. The fourth-order valence-electron chi connectivity index (χ4n) is 2.38. The average molecular weight is 479 g/mol. The topological polar surface area (TPSA) is 133 Å². The molecule has 172 valence electrons. The highest BCUT2D eigenvalue weighted by Gasteiger charge is 2.24. The Morgan fingerprint density at radius 1 is 1.06 bits per heavy atom. The molecule has 2 aromatic rings. The predicted molar refractivity (Wildman–Crippen MR) is 123 cm³/mol. The van der Waals surface area contributed by atoms with E-state index in [9.17, 15) is 22.8 Å². The van der Waals surface area contributed by atoms with Gasteiger partial charge >= 0.3 is 5.97 Å². The number of esters is 1. The zero-order valence-electron chi connectivity index (χ0n) is 18.2. The van der Waals surface area contributed by atoms with Gasteiger partial charge in [-0.15, -0.1) is 11.8 Å². The van der Waals surface area contributed by atoms with Crippen LogP contribution in [0.25, 0.3) is 0 Å². The van der Waals surface area contributed by atoms with Crippen LogP contribution in [-0.2, 0) is 24.3 Å². The third kappa shape index (κ3) is 7.18. The van der Waals surface area contributed by atoms with Crippen LogP contribution >= 0.6 is 11.8 Å². The van der Waals surface area contributed by atoms with Crippen molar-refractivity contribution < 1.29 is 27.5 Å². The number of rotatable bonds is 8. The number of hydrogen-bond acceptors (Lipinski definition) is 7. The van der Waals surface area contributed by atoms with Gasteiger partial charge in [0.15, 0.2) is 12.4 Å². The summed E-state index contributed by atoms with van der Waals surface area (Å²) in [5, 5.41) is 7.17. The molecule has 2 aromatic carbocycles. The van der Waals surface area contributed by atoms with Gasteiger partial charge in [-0.1, -0.05) is 32.9 Å². The van der Waals surface area contributed by atoms with Crippen molar-refractivity contribution in [2.75, 3.05) is 11.9 Å². The van der Waals surface area contributed by atoms with E-state index in [2.05, 4.69) is 5.32 Å². The monoisotopic (exact) mass is 478 g/mol. The first-order chi connectivity index (χ1) is 14.8. The van der Waals surface area contributed by atoms with Crippen molar-refractivity contribution in [3.63, 3.8) is 0 Å². The molecular formula is C22H26N2O6S2. The van der Waals surface area contributed by atoms with Crippen molar-refractivity contribution >= 4 is 45.1 Å². The lowest BCUT2D eigenvalue weighted by Crippen LogP contribution is -2.26. The number of ether oxygens (including phenoxy) is 1. The molecule has 0 aliphatic heterocycles. The SMILES string of the molecule is C[C@H](Sc1ccccc1C(=O)OCC(=O)C(C)(C)C)C(=O)Nc1ccc(S(N)(=O)=O)cc1. The third-order valence-electron chi connectivity index (χ3n) is 4.40. The lowest BCUT2D eigenvalue weighted by Gasteiger charge is -2.17. The van der Waals surface area contributed by atoms with Crippen LogP contribution in [0.2, 0.25) is 0 Å². The van der Waals surface area contributed by atoms with Crippen LogP contribution in [0.3, 0.4) is 0 Å². The number of sulfonamides is 1. The smallest absolute Gasteiger partial charge is 0.339 e. The second kappa shape index (κ2) is 10.3. The van der Waals surface area contributed by atoms with Crippen LogP contribution in [0, 0.1) is 5.41 Å². The van der Waals surface area contributed by atoms with Gasteiger partial charge in [-0.2, -0.15) is 0 Å². The molecule has 10 heteroatoms. The molecule has 8 nitrogen and oxygen atoms in total. The summed E-state index contributed by atoms with van der Waals surface area (Å²) in [5.74, 6) is -1.18. The van der Waals surface area contributed by atoms with Gasteiger partial charge in [0.1, 0.15) is 0 Å². The Kier molecular flexibility index (Phi) is 8.22. The summed E-state index contributed by atoms with van der Waals surface area (Å²) >= 11 is 1.16. The second-order valence-electron chi connectivity index (χ2n) is 8.06. The van der Waals surface area contributed by atoms with E-state index in [0.717, 1.165) is 11.8 Å². The zero-order chi connectivity index (χ0) is 24.1. The van der Waals surface area contributed by atoms with Crippen LogP contribution in [0.4, 0.5) is 5.69 Å². The standard InChI is InChI=1S/C22H26N2O6S2/c1-14(20(26)24-15-9-11-16(12-10-15)32(23,28)29)31-18-8-6-5-7-17(18)21(27)30-13-19(25)22(2,3)4/h5-12,14H,13H2,1-4H3,(H,24,26)(H2,23,28,29)/t14-/m0/s1. The number of carbonyl (C=O) groups excluding carboxylic acids is 3. The Morgan fingerprint density at radius 2 is 1.66 bits per heavy atom. The summed E-state index contributed by atoms with van der Waals surface area (Å²) in [6.45, 7) is 6.58. The van der Waals surface area contributed by atoms with E-state index in [-0.39, 0.29) is 28.8 Å². The van der Waals surface area contributed by atoms with E-state index in [4.69, 9.17) is 9.88 Å². The molecule has 0 saturated carbocycles. The number of ketones is 1. The molecule has 0 spiro atoms. The minimum atomic E-state index is -3.82. The van der Waals surface area contributed by atoms with Gasteiger partial charge in [-0.05, 0) is 43.3 Å². The summed E-state index contributed by atoms with van der Waals surface area (Å²) in [6, 6.07) is 12.1. The molecule has 0 unspecified atom stereocenters. The van der Waals surface area contributed by atoms with Gasteiger partial charge in [0, 0.05) is 16.0 Å². The number of amides is 1. The van der Waals surface area contributed by atoms with Crippen LogP contribution in [-0.4, -0.2) is 37.9 Å². The van der Waals surface area contributed by atoms with Crippen molar-refractivity contribution in [2.45, 2.75) is 42.7 Å². The molecule has 0 aromatic heterocycles. The van der Waals surface area contributed by atoms with E-state index >= 15 is 0 Å². The number of Topliss-reactive ketones (excluding diaryl/α,β-unsaturated/α-hetero) is 1. The number of benzene rings is 2. The van der Waals surface area contributed by atoms with Gasteiger partial charge in [0.05, 0.1) is 15.7 Å². The summed E-state index contributed by atoms with van der Waals surface area (Å²) < 4.78 is 27.8. The van der Waals surface area contributed by atoms with Crippen molar-refractivity contribution in [3.8, 4) is 0 Å². The molecular weight excluding hydrogens is 452 g/mol. The van der Waals surface area contributed by atoms with Crippen LogP contribution in [0.5, 0.6) is 0 Å². The van der Waals surface area contributed by atoms with Gasteiger partial charge in [-0.3, -0.25) is 9.59 Å². The normalized spacial score (nSPS) is 12.7. The van der Waals surface area contributed by atoms with Gasteiger partial charge in [-0.25, -0.2) is 18.4 Å². The zero-order valence-corrected chi connectivity index (χ0v) is 19.9. The molecule has 2 rings (SSSR count). The number of nitrogens with one attached hydrogen (secondary N) is 1. The molecule has 0 saturated heterocycles. The molecule has 1 amide bonds. The van der Waals surface area contributed by atoms with Gasteiger partial charge in [0.25, 0.3) is 0 Å². The second-order valence-corrected chi connectivity index (χ2v) is 11.0. The molecule has 0 bridgehead atoms. The minimum Gasteiger partial charge on any atom is -0.454 e.